The molecule has 2 aromatic carbocycles. The Morgan fingerprint density at radius 1 is 1.22 bits per heavy atom. The summed E-state index contributed by atoms with van der Waals surface area (Å²) in [6.45, 7) is 4.35. The minimum absolute atomic E-state index is 0.164. The molecule has 0 fully saturated rings. The lowest BCUT2D eigenvalue weighted by Crippen LogP contribution is -2.20. The van der Waals surface area contributed by atoms with Crippen molar-refractivity contribution in [2.75, 3.05) is 0 Å². The number of fused-ring (bicyclic) bond motifs is 1. The molecular weight excluding hydrogens is 328 g/mol. The van der Waals surface area contributed by atoms with Gasteiger partial charge >= 0.3 is 0 Å². The fourth-order valence-electron chi connectivity index (χ4n) is 2.61. The van der Waals surface area contributed by atoms with Crippen LogP contribution in [0.5, 0.6) is 0 Å². The van der Waals surface area contributed by atoms with E-state index in [1.807, 2.05) is 24.3 Å². The second kappa shape index (κ2) is 6.30. The Balaban J connectivity index is 2.20. The van der Waals surface area contributed by atoms with Crippen molar-refractivity contribution in [1.82, 2.24) is 9.55 Å². The van der Waals surface area contributed by atoms with Crippen molar-refractivity contribution in [3.8, 4) is 5.69 Å². The van der Waals surface area contributed by atoms with Crippen molar-refractivity contribution >= 4 is 34.7 Å². The second-order valence-electron chi connectivity index (χ2n) is 5.66. The topological polar surface area (TPSA) is 37.8 Å². The first kappa shape index (κ1) is 16.0. The molecule has 3 aromatic rings. The molecular formula is C18H17ClN2OS. The van der Waals surface area contributed by atoms with Gasteiger partial charge in [-0.15, -0.1) is 0 Å². The fourth-order valence-corrected chi connectivity index (χ4v) is 3.08. The Kier molecular flexibility index (Phi) is 4.37. The number of hydrogen-bond donors (Lipinski definition) is 1. The maximum Gasteiger partial charge on any atom is 0.266 e. The van der Waals surface area contributed by atoms with Crippen LogP contribution < -0.4 is 5.56 Å². The Hall–Kier alpha value is -1.91. The van der Waals surface area contributed by atoms with Crippen LogP contribution in [0.4, 0.5) is 0 Å². The van der Waals surface area contributed by atoms with Crippen molar-refractivity contribution < 1.29 is 0 Å². The van der Waals surface area contributed by atoms with Crippen LogP contribution in [0, 0.1) is 4.77 Å². The summed E-state index contributed by atoms with van der Waals surface area (Å²) in [6.07, 6.45) is 1.08. The number of H-pyrrole nitrogens is 1. The lowest BCUT2D eigenvalue weighted by molar-refractivity contribution is 0.733. The first-order valence-corrected chi connectivity index (χ1v) is 8.35. The lowest BCUT2D eigenvalue weighted by Gasteiger charge is -2.12. The zero-order valence-electron chi connectivity index (χ0n) is 13.0. The van der Waals surface area contributed by atoms with Gasteiger partial charge in [0.25, 0.3) is 5.56 Å². The summed E-state index contributed by atoms with van der Waals surface area (Å²) in [5.41, 5.74) is 2.53. The van der Waals surface area contributed by atoms with E-state index >= 15 is 0 Å². The number of aromatic nitrogens is 2. The van der Waals surface area contributed by atoms with E-state index in [-0.39, 0.29) is 5.56 Å². The van der Waals surface area contributed by atoms with Crippen molar-refractivity contribution in [2.45, 2.75) is 26.2 Å². The molecule has 0 bridgehead atoms. The molecule has 1 aromatic heterocycles. The largest absolute Gasteiger partial charge is 0.331 e. The molecule has 0 aliphatic rings. The number of nitrogens with zero attached hydrogens (tertiary/aromatic N) is 1. The number of aromatic amines is 1. The van der Waals surface area contributed by atoms with Crippen LogP contribution >= 0.6 is 23.8 Å². The number of benzene rings is 2. The summed E-state index contributed by atoms with van der Waals surface area (Å²) < 4.78 is 1.88. The van der Waals surface area contributed by atoms with E-state index in [2.05, 4.69) is 18.8 Å². The van der Waals surface area contributed by atoms with Crippen LogP contribution in [-0.4, -0.2) is 9.55 Å². The molecule has 1 N–H and O–H groups in total. The van der Waals surface area contributed by atoms with Crippen LogP contribution in [0.1, 0.15) is 31.7 Å². The number of rotatable bonds is 3. The number of hydrogen-bond acceptors (Lipinski definition) is 2. The van der Waals surface area contributed by atoms with Crippen molar-refractivity contribution in [2.24, 2.45) is 0 Å². The summed E-state index contributed by atoms with van der Waals surface area (Å²) in [7, 11) is 0. The maximum atomic E-state index is 12.8. The first-order valence-electron chi connectivity index (χ1n) is 7.56. The van der Waals surface area contributed by atoms with Gasteiger partial charge in [-0.1, -0.05) is 37.6 Å². The molecule has 118 valence electrons. The Morgan fingerprint density at radius 3 is 2.57 bits per heavy atom. The number of halogens is 1. The van der Waals surface area contributed by atoms with Gasteiger partial charge in [0.05, 0.1) is 16.6 Å². The molecule has 5 heteroatoms. The van der Waals surface area contributed by atoms with Crippen molar-refractivity contribution in [1.29, 1.82) is 0 Å². The van der Waals surface area contributed by atoms with Gasteiger partial charge in [-0.2, -0.15) is 0 Å². The molecule has 0 radical (unpaired) electrons. The maximum absolute atomic E-state index is 12.8. The van der Waals surface area contributed by atoms with Crippen LogP contribution in [0.2, 0.25) is 5.02 Å². The Morgan fingerprint density at radius 2 is 1.91 bits per heavy atom. The molecule has 0 aliphatic carbocycles. The highest BCUT2D eigenvalue weighted by atomic mass is 35.5. The molecule has 1 heterocycles. The third-order valence-corrected chi connectivity index (χ3v) is 4.71. The van der Waals surface area contributed by atoms with Crippen LogP contribution in [0.15, 0.2) is 47.3 Å². The second-order valence-corrected chi connectivity index (χ2v) is 6.48. The van der Waals surface area contributed by atoms with Gasteiger partial charge in [0.1, 0.15) is 0 Å². The SMILES string of the molecule is CCC(C)c1ccc(-n2c(=S)[nH]c3ccc(Cl)cc3c2=O)cc1. The van der Waals surface area contributed by atoms with E-state index < -0.39 is 0 Å². The van der Waals surface area contributed by atoms with E-state index in [0.717, 1.165) is 12.1 Å². The third kappa shape index (κ3) is 2.96. The summed E-state index contributed by atoms with van der Waals surface area (Å²) in [5.74, 6) is 0.491. The molecule has 23 heavy (non-hydrogen) atoms. The van der Waals surface area contributed by atoms with E-state index in [4.69, 9.17) is 23.8 Å². The predicted octanol–water partition coefficient (Wildman–Crippen LogP) is 5.22. The molecule has 1 atom stereocenters. The highest BCUT2D eigenvalue weighted by Gasteiger charge is 2.09. The first-order chi connectivity index (χ1) is 11.0. The van der Waals surface area contributed by atoms with Crippen LogP contribution in [0.25, 0.3) is 16.6 Å². The van der Waals surface area contributed by atoms with Crippen LogP contribution in [0.3, 0.4) is 0 Å². The molecule has 3 nitrogen and oxygen atoms in total. The minimum atomic E-state index is -0.164. The van der Waals surface area contributed by atoms with Gasteiger partial charge in [0.2, 0.25) is 0 Å². The Bertz CT molecular complexity index is 973. The van der Waals surface area contributed by atoms with Crippen LogP contribution in [-0.2, 0) is 0 Å². The van der Waals surface area contributed by atoms with Gasteiger partial charge in [-0.3, -0.25) is 9.36 Å². The standard InChI is InChI=1S/C18H17ClN2OS/c1-3-11(2)12-4-7-14(8-5-12)21-17(22)15-10-13(19)6-9-16(15)20-18(21)23/h4-11H,3H2,1-2H3,(H,20,23). The summed E-state index contributed by atoms with van der Waals surface area (Å²) >= 11 is 11.4. The summed E-state index contributed by atoms with van der Waals surface area (Å²) in [6, 6.07) is 13.1. The van der Waals surface area contributed by atoms with Crippen molar-refractivity contribution in [3.63, 3.8) is 0 Å². The molecule has 0 spiro atoms. The monoisotopic (exact) mass is 344 g/mol. The van der Waals surface area contributed by atoms with E-state index in [0.29, 0.717) is 26.6 Å². The van der Waals surface area contributed by atoms with E-state index in [1.54, 1.807) is 18.2 Å². The molecule has 1 unspecified atom stereocenters. The van der Waals surface area contributed by atoms with Gasteiger partial charge in [0, 0.05) is 5.02 Å². The van der Waals surface area contributed by atoms with E-state index in [1.165, 1.54) is 10.1 Å². The normalized spacial score (nSPS) is 12.5. The quantitative estimate of drug-likeness (QED) is 0.662. The Labute approximate surface area is 144 Å². The zero-order chi connectivity index (χ0) is 16.6. The molecule has 3 rings (SSSR count). The average molecular weight is 345 g/mol. The minimum Gasteiger partial charge on any atom is -0.331 e. The van der Waals surface area contributed by atoms with E-state index in [9.17, 15) is 4.79 Å². The molecule has 0 saturated carbocycles. The average Bonchev–Trinajstić information content (AvgIpc) is 2.55. The van der Waals surface area contributed by atoms with Gasteiger partial charge < -0.3 is 4.98 Å². The van der Waals surface area contributed by atoms with Gasteiger partial charge in [-0.05, 0) is 60.5 Å². The number of nitrogens with one attached hydrogen (secondary N) is 1. The van der Waals surface area contributed by atoms with Gasteiger partial charge in [-0.25, -0.2) is 0 Å². The van der Waals surface area contributed by atoms with Gasteiger partial charge in [0.15, 0.2) is 4.77 Å². The highest BCUT2D eigenvalue weighted by molar-refractivity contribution is 7.71. The van der Waals surface area contributed by atoms with Crippen molar-refractivity contribution in [3.05, 3.63) is 68.2 Å². The third-order valence-electron chi connectivity index (χ3n) is 4.19. The molecule has 0 saturated heterocycles. The molecule has 0 amide bonds. The zero-order valence-corrected chi connectivity index (χ0v) is 14.5. The smallest absolute Gasteiger partial charge is 0.266 e. The fraction of sp³-hybridized carbons (Fsp3) is 0.222. The highest BCUT2D eigenvalue weighted by Crippen LogP contribution is 2.20. The summed E-state index contributed by atoms with van der Waals surface area (Å²) in [5, 5.41) is 1.05. The molecule has 0 aliphatic heterocycles. The summed E-state index contributed by atoms with van der Waals surface area (Å²) in [4.78, 5) is 15.9. The predicted molar refractivity (Wildman–Crippen MR) is 98.4 cm³/mol. The lowest BCUT2D eigenvalue weighted by atomic mass is 9.98.